The van der Waals surface area contributed by atoms with E-state index < -0.39 is 0 Å². The number of aryl methyl sites for hydroxylation is 2. The highest BCUT2D eigenvalue weighted by Crippen LogP contribution is 2.29. The van der Waals surface area contributed by atoms with Gasteiger partial charge in [-0.05, 0) is 55.3 Å². The van der Waals surface area contributed by atoms with E-state index in [-0.39, 0.29) is 5.91 Å². The lowest BCUT2D eigenvalue weighted by molar-refractivity contribution is 0.102. The fourth-order valence-corrected chi connectivity index (χ4v) is 4.50. The van der Waals surface area contributed by atoms with E-state index in [9.17, 15) is 4.79 Å². The van der Waals surface area contributed by atoms with Crippen LogP contribution in [0.1, 0.15) is 21.5 Å². The predicted molar refractivity (Wildman–Crippen MR) is 137 cm³/mol. The zero-order chi connectivity index (χ0) is 22.9. The van der Waals surface area contributed by atoms with Crippen molar-refractivity contribution in [2.45, 2.75) is 13.8 Å². The lowest BCUT2D eigenvalue weighted by Gasteiger charge is -2.11. The smallest absolute Gasteiger partial charge is 0.258 e. The molecule has 0 aliphatic rings. The molecule has 0 aliphatic heterocycles. The maximum absolute atomic E-state index is 13.3. The Balaban J connectivity index is 1.50. The molecule has 0 bridgehead atoms. The van der Waals surface area contributed by atoms with Gasteiger partial charge >= 0.3 is 0 Å². The van der Waals surface area contributed by atoms with Crippen molar-refractivity contribution in [3.63, 3.8) is 0 Å². The largest absolute Gasteiger partial charge is 0.298 e. The molecule has 0 atom stereocenters. The summed E-state index contributed by atoms with van der Waals surface area (Å²) in [6, 6.07) is 23.3. The molecule has 0 unspecified atom stereocenters. The first-order valence-electron chi connectivity index (χ1n) is 10.5. The van der Waals surface area contributed by atoms with Crippen LogP contribution < -0.4 is 5.32 Å². The maximum atomic E-state index is 13.3. The number of hydrogen-bond donors (Lipinski definition) is 1. The van der Waals surface area contributed by atoms with E-state index in [0.717, 1.165) is 33.4 Å². The standard InChI is InChI=1S/C27H20ClN3OS/c1-16-7-8-19(13-17(16)2)24-14-22(21-5-3-4-6-23(21)29-24)26(32)31-27-30-25(15-33-27)18-9-11-20(28)12-10-18/h3-15H,1-2H3,(H,30,31,32). The molecule has 2 heterocycles. The molecule has 6 heteroatoms. The number of aromatic nitrogens is 2. The first-order chi connectivity index (χ1) is 16.0. The van der Waals surface area contributed by atoms with Gasteiger partial charge < -0.3 is 0 Å². The van der Waals surface area contributed by atoms with E-state index in [1.165, 1.54) is 22.5 Å². The summed E-state index contributed by atoms with van der Waals surface area (Å²) in [4.78, 5) is 22.7. The Labute approximate surface area is 200 Å². The van der Waals surface area contributed by atoms with E-state index in [1.807, 2.05) is 66.0 Å². The monoisotopic (exact) mass is 469 g/mol. The van der Waals surface area contributed by atoms with E-state index in [4.69, 9.17) is 16.6 Å². The first kappa shape index (κ1) is 21.3. The van der Waals surface area contributed by atoms with Gasteiger partial charge in [0.15, 0.2) is 5.13 Å². The summed E-state index contributed by atoms with van der Waals surface area (Å²) in [5.74, 6) is -0.212. The third-order valence-corrected chi connectivity index (χ3v) is 6.64. The van der Waals surface area contributed by atoms with Gasteiger partial charge in [0.2, 0.25) is 0 Å². The highest BCUT2D eigenvalue weighted by Gasteiger charge is 2.16. The molecule has 0 fully saturated rings. The van der Waals surface area contributed by atoms with Gasteiger partial charge in [0.25, 0.3) is 5.91 Å². The zero-order valence-electron chi connectivity index (χ0n) is 18.1. The second-order valence-electron chi connectivity index (χ2n) is 7.87. The molecule has 0 radical (unpaired) electrons. The molecule has 5 rings (SSSR count). The van der Waals surface area contributed by atoms with E-state index in [1.54, 1.807) is 0 Å². The number of benzene rings is 3. The van der Waals surface area contributed by atoms with Crippen molar-refractivity contribution in [2.24, 2.45) is 0 Å². The SMILES string of the molecule is Cc1ccc(-c2cc(C(=O)Nc3nc(-c4ccc(Cl)cc4)cs3)c3ccccc3n2)cc1C. The first-order valence-corrected chi connectivity index (χ1v) is 11.7. The number of pyridine rings is 1. The van der Waals surface area contributed by atoms with Crippen LogP contribution in [0.4, 0.5) is 5.13 Å². The Morgan fingerprint density at radius 2 is 1.61 bits per heavy atom. The second kappa shape index (κ2) is 8.77. The van der Waals surface area contributed by atoms with Crippen LogP contribution in [0.5, 0.6) is 0 Å². The minimum atomic E-state index is -0.212. The highest BCUT2D eigenvalue weighted by atomic mass is 35.5. The number of thiazole rings is 1. The van der Waals surface area contributed by atoms with Crippen LogP contribution >= 0.6 is 22.9 Å². The number of nitrogens with one attached hydrogen (secondary N) is 1. The quantitative estimate of drug-likeness (QED) is 0.295. The minimum absolute atomic E-state index is 0.212. The number of para-hydroxylation sites is 1. The lowest BCUT2D eigenvalue weighted by atomic mass is 10.0. The Bertz CT molecular complexity index is 1490. The molecule has 1 amide bonds. The van der Waals surface area contributed by atoms with Gasteiger partial charge in [-0.3, -0.25) is 10.1 Å². The molecule has 1 N–H and O–H groups in total. The van der Waals surface area contributed by atoms with Gasteiger partial charge in [0.05, 0.1) is 22.5 Å². The molecule has 0 spiro atoms. The molecule has 4 nitrogen and oxygen atoms in total. The Hall–Kier alpha value is -3.54. The third-order valence-electron chi connectivity index (χ3n) is 5.63. The van der Waals surface area contributed by atoms with Gasteiger partial charge in [-0.25, -0.2) is 9.97 Å². The summed E-state index contributed by atoms with van der Waals surface area (Å²) in [5, 5.41) is 6.90. The molecule has 162 valence electrons. The number of carbonyl (C=O) groups is 1. The van der Waals surface area contributed by atoms with Gasteiger partial charge in [-0.15, -0.1) is 11.3 Å². The Kier molecular flexibility index (Phi) is 5.67. The van der Waals surface area contributed by atoms with Crippen molar-refractivity contribution in [1.82, 2.24) is 9.97 Å². The van der Waals surface area contributed by atoms with Gasteiger partial charge in [0.1, 0.15) is 0 Å². The third kappa shape index (κ3) is 4.38. The average molecular weight is 470 g/mol. The number of anilines is 1. The van der Waals surface area contributed by atoms with E-state index >= 15 is 0 Å². The molecular weight excluding hydrogens is 450 g/mol. The Morgan fingerprint density at radius 1 is 0.848 bits per heavy atom. The van der Waals surface area contributed by atoms with Crippen LogP contribution in [0.3, 0.4) is 0 Å². The van der Waals surface area contributed by atoms with E-state index in [0.29, 0.717) is 15.7 Å². The molecular formula is C27H20ClN3OS. The molecule has 33 heavy (non-hydrogen) atoms. The normalized spacial score (nSPS) is 11.0. The van der Waals surface area contributed by atoms with Crippen LogP contribution in [-0.2, 0) is 0 Å². The van der Waals surface area contributed by atoms with E-state index in [2.05, 4.69) is 36.3 Å². The molecule has 2 aromatic heterocycles. The lowest BCUT2D eigenvalue weighted by Crippen LogP contribution is -2.13. The van der Waals surface area contributed by atoms with Crippen LogP contribution in [0, 0.1) is 13.8 Å². The fraction of sp³-hybridized carbons (Fsp3) is 0.0741. The van der Waals surface area contributed by atoms with Crippen molar-refractivity contribution < 1.29 is 4.79 Å². The minimum Gasteiger partial charge on any atom is -0.298 e. The summed E-state index contributed by atoms with van der Waals surface area (Å²) in [6.07, 6.45) is 0. The van der Waals surface area contributed by atoms with Crippen molar-refractivity contribution in [2.75, 3.05) is 5.32 Å². The fourth-order valence-electron chi connectivity index (χ4n) is 3.66. The predicted octanol–water partition coefficient (Wildman–Crippen LogP) is 7.55. The topological polar surface area (TPSA) is 54.9 Å². The summed E-state index contributed by atoms with van der Waals surface area (Å²) < 4.78 is 0. The number of carbonyl (C=O) groups excluding carboxylic acids is 1. The molecule has 0 saturated heterocycles. The van der Waals surface area contributed by atoms with Crippen molar-refractivity contribution in [3.05, 3.63) is 99.9 Å². The summed E-state index contributed by atoms with van der Waals surface area (Å²) in [6.45, 7) is 4.16. The van der Waals surface area contributed by atoms with Crippen LogP contribution in [-0.4, -0.2) is 15.9 Å². The Morgan fingerprint density at radius 3 is 2.39 bits per heavy atom. The molecule has 3 aromatic carbocycles. The number of nitrogens with zero attached hydrogens (tertiary/aromatic N) is 2. The number of halogens is 1. The summed E-state index contributed by atoms with van der Waals surface area (Å²) >= 11 is 7.37. The maximum Gasteiger partial charge on any atom is 0.258 e. The second-order valence-corrected chi connectivity index (χ2v) is 9.16. The average Bonchev–Trinajstić information content (AvgIpc) is 3.29. The van der Waals surface area contributed by atoms with Gasteiger partial charge in [0, 0.05) is 26.9 Å². The molecule has 0 aliphatic carbocycles. The number of fused-ring (bicyclic) bond motifs is 1. The number of amides is 1. The van der Waals surface area contributed by atoms with Crippen molar-refractivity contribution >= 4 is 44.9 Å². The molecule has 0 saturated carbocycles. The van der Waals surface area contributed by atoms with Crippen LogP contribution in [0.15, 0.2) is 78.2 Å². The van der Waals surface area contributed by atoms with Crippen molar-refractivity contribution in [1.29, 1.82) is 0 Å². The zero-order valence-corrected chi connectivity index (χ0v) is 19.7. The highest BCUT2D eigenvalue weighted by molar-refractivity contribution is 7.14. The number of rotatable bonds is 4. The van der Waals surface area contributed by atoms with Crippen LogP contribution in [0.2, 0.25) is 5.02 Å². The van der Waals surface area contributed by atoms with Crippen molar-refractivity contribution in [3.8, 4) is 22.5 Å². The van der Waals surface area contributed by atoms with Gasteiger partial charge in [-0.1, -0.05) is 54.1 Å². The summed E-state index contributed by atoms with van der Waals surface area (Å²) in [7, 11) is 0. The summed E-state index contributed by atoms with van der Waals surface area (Å²) in [5.41, 5.74) is 7.24. The van der Waals surface area contributed by atoms with Crippen LogP contribution in [0.25, 0.3) is 33.4 Å². The number of hydrogen-bond acceptors (Lipinski definition) is 4. The van der Waals surface area contributed by atoms with Gasteiger partial charge in [-0.2, -0.15) is 0 Å². The molecule has 5 aromatic rings.